The summed E-state index contributed by atoms with van der Waals surface area (Å²) in [5, 5.41) is 21.8. The second-order valence-electron chi connectivity index (χ2n) is 13.2. The van der Waals surface area contributed by atoms with Crippen molar-refractivity contribution in [3.05, 3.63) is 150 Å². The fourth-order valence-electron chi connectivity index (χ4n) is 7.15. The van der Waals surface area contributed by atoms with Crippen LogP contribution in [0.3, 0.4) is 0 Å². The van der Waals surface area contributed by atoms with Crippen molar-refractivity contribution in [2.45, 2.75) is 38.3 Å². The van der Waals surface area contributed by atoms with Gasteiger partial charge in [-0.3, -0.25) is 14.6 Å². The van der Waals surface area contributed by atoms with E-state index in [4.69, 9.17) is 0 Å². The Bertz CT molecular complexity index is 2240. The molecule has 3 aromatic heterocycles. The van der Waals surface area contributed by atoms with Crippen molar-refractivity contribution in [1.29, 1.82) is 0 Å². The van der Waals surface area contributed by atoms with Gasteiger partial charge >= 0.3 is 6.03 Å². The molecule has 2 saturated heterocycles. The number of urea groups is 1. The number of nitrogens with one attached hydrogen (secondary N) is 1. The first kappa shape index (κ1) is 33.5. The molecule has 13 nitrogen and oxygen atoms in total. The topological polar surface area (TPSA) is 140 Å². The van der Waals surface area contributed by atoms with E-state index in [1.165, 1.54) is 0 Å². The van der Waals surface area contributed by atoms with Crippen molar-refractivity contribution >= 4 is 28.7 Å². The summed E-state index contributed by atoms with van der Waals surface area (Å²) in [5.74, 6) is 0.232. The lowest BCUT2D eigenvalue weighted by molar-refractivity contribution is -0.192. The number of hydrogen-bond donors (Lipinski definition) is 2. The van der Waals surface area contributed by atoms with E-state index in [-0.39, 0.29) is 56.7 Å². The number of para-hydroxylation sites is 1. The minimum atomic E-state index is -0.910. The molecular weight excluding hydrogens is 670 g/mol. The lowest BCUT2D eigenvalue weighted by atomic mass is 9.98. The van der Waals surface area contributed by atoms with E-state index in [2.05, 4.69) is 20.4 Å². The molecule has 2 aliphatic rings. The van der Waals surface area contributed by atoms with Crippen LogP contribution in [0.15, 0.2) is 128 Å². The lowest BCUT2D eigenvalue weighted by Gasteiger charge is -2.55. The third kappa shape index (κ3) is 7.02. The maximum Gasteiger partial charge on any atom is 0.334 e. The van der Waals surface area contributed by atoms with Crippen LogP contribution >= 0.6 is 0 Å². The highest BCUT2D eigenvalue weighted by Crippen LogP contribution is 2.31. The smallest absolute Gasteiger partial charge is 0.334 e. The van der Waals surface area contributed by atoms with Crippen molar-refractivity contribution < 1.29 is 19.5 Å². The third-order valence-electron chi connectivity index (χ3n) is 9.65. The number of aromatic nitrogens is 4. The summed E-state index contributed by atoms with van der Waals surface area (Å²) in [5.41, 5.74) is 4.09. The Hall–Kier alpha value is -6.60. The first-order chi connectivity index (χ1) is 25.9. The standard InChI is InChI=1S/C40H37N9O4/c50-33-16-14-28(15-17-33)20-34-39(52)45(25-32-11-6-10-31-12-7-19-42-38(31)32)26-36-48(34)37(51)27-46(49(36)40(53)43-21-29-8-2-1-3-9-29)23-30-22-44-47(24-30)35-13-4-5-18-41-35/h1-19,22,24,34,36,50H,20-21,23,25-27H2,(H,43,53)/t34-,36-/m0/s1. The highest BCUT2D eigenvalue weighted by molar-refractivity contribution is 5.92. The number of nitrogens with zero attached hydrogens (tertiary/aromatic N) is 8. The van der Waals surface area contributed by atoms with Crippen molar-refractivity contribution in [1.82, 2.24) is 44.9 Å². The van der Waals surface area contributed by atoms with Gasteiger partial charge in [-0.05, 0) is 47.0 Å². The van der Waals surface area contributed by atoms with Crippen LogP contribution in [-0.4, -0.2) is 87.8 Å². The van der Waals surface area contributed by atoms with E-state index in [0.29, 0.717) is 5.82 Å². The van der Waals surface area contributed by atoms with Crippen LogP contribution in [-0.2, 0) is 35.6 Å². The first-order valence-corrected chi connectivity index (χ1v) is 17.4. The van der Waals surface area contributed by atoms with Crippen LogP contribution in [0.1, 0.15) is 22.3 Å². The average Bonchev–Trinajstić information content (AvgIpc) is 3.66. The molecule has 266 valence electrons. The lowest BCUT2D eigenvalue weighted by Crippen LogP contribution is -2.76. The van der Waals surface area contributed by atoms with Crippen LogP contribution in [0.5, 0.6) is 5.75 Å². The molecule has 3 aromatic carbocycles. The van der Waals surface area contributed by atoms with Crippen LogP contribution in [0.2, 0.25) is 0 Å². The van der Waals surface area contributed by atoms with Gasteiger partial charge in [-0.1, -0.05) is 72.8 Å². The van der Waals surface area contributed by atoms with E-state index in [9.17, 15) is 19.5 Å². The molecule has 6 aromatic rings. The number of hydrogen-bond acceptors (Lipinski definition) is 8. The normalized spacial score (nSPS) is 17.6. The number of piperazine rings is 1. The quantitative estimate of drug-likeness (QED) is 0.227. The summed E-state index contributed by atoms with van der Waals surface area (Å²) in [4.78, 5) is 55.6. The first-order valence-electron chi connectivity index (χ1n) is 17.4. The summed E-state index contributed by atoms with van der Waals surface area (Å²) < 4.78 is 1.65. The number of amides is 4. The highest BCUT2D eigenvalue weighted by atomic mass is 16.3. The zero-order chi connectivity index (χ0) is 36.3. The van der Waals surface area contributed by atoms with Gasteiger partial charge in [0.05, 0.1) is 24.8 Å². The molecule has 2 atom stereocenters. The summed E-state index contributed by atoms with van der Waals surface area (Å²) >= 11 is 0. The second kappa shape index (κ2) is 14.6. The Morgan fingerprint density at radius 2 is 1.60 bits per heavy atom. The second-order valence-corrected chi connectivity index (χ2v) is 13.2. The summed E-state index contributed by atoms with van der Waals surface area (Å²) in [6.45, 7) is 0.627. The number of benzene rings is 3. The van der Waals surface area contributed by atoms with Gasteiger partial charge in [-0.15, -0.1) is 0 Å². The molecule has 0 aliphatic carbocycles. The molecular formula is C40H37N9O4. The molecule has 0 radical (unpaired) electrons. The zero-order valence-electron chi connectivity index (χ0n) is 28.8. The van der Waals surface area contributed by atoms with Crippen LogP contribution in [0.4, 0.5) is 4.79 Å². The molecule has 2 N–H and O–H groups in total. The van der Waals surface area contributed by atoms with Gasteiger partial charge < -0.3 is 20.2 Å². The number of carbonyl (C=O) groups is 3. The predicted octanol–water partition coefficient (Wildman–Crippen LogP) is 4.27. The van der Waals surface area contributed by atoms with Crippen molar-refractivity contribution in [2.24, 2.45) is 0 Å². The molecule has 4 amide bonds. The Kier molecular flexibility index (Phi) is 9.21. The Balaban J connectivity index is 1.16. The highest BCUT2D eigenvalue weighted by Gasteiger charge is 2.51. The number of carbonyl (C=O) groups excluding carboxylic acids is 3. The van der Waals surface area contributed by atoms with Gasteiger partial charge in [-0.25, -0.2) is 24.5 Å². The Morgan fingerprint density at radius 3 is 2.42 bits per heavy atom. The van der Waals surface area contributed by atoms with Crippen molar-refractivity contribution in [2.75, 3.05) is 13.1 Å². The minimum absolute atomic E-state index is 0.0718. The third-order valence-corrected chi connectivity index (χ3v) is 9.65. The Labute approximate surface area is 305 Å². The zero-order valence-corrected chi connectivity index (χ0v) is 28.8. The fourth-order valence-corrected chi connectivity index (χ4v) is 7.15. The Morgan fingerprint density at radius 1 is 0.811 bits per heavy atom. The molecule has 2 fully saturated rings. The summed E-state index contributed by atoms with van der Waals surface area (Å²) in [6, 6.07) is 30.2. The largest absolute Gasteiger partial charge is 0.508 e. The minimum Gasteiger partial charge on any atom is -0.508 e. The molecule has 0 spiro atoms. The number of phenols is 1. The SMILES string of the molecule is O=C1[C@H](Cc2ccc(O)cc2)N2C(=O)CN(Cc3cnn(-c4ccccn4)c3)N(C(=O)NCc3ccccc3)[C@H]2CN1Cc1cccc2cccnc12. The van der Waals surface area contributed by atoms with Gasteiger partial charge in [0.25, 0.3) is 0 Å². The van der Waals surface area contributed by atoms with E-state index >= 15 is 0 Å². The summed E-state index contributed by atoms with van der Waals surface area (Å²) in [7, 11) is 0. The number of fused-ring (bicyclic) bond motifs is 2. The average molecular weight is 708 g/mol. The van der Waals surface area contributed by atoms with E-state index in [1.54, 1.807) is 67.4 Å². The van der Waals surface area contributed by atoms with Gasteiger partial charge in [0.2, 0.25) is 11.8 Å². The predicted molar refractivity (Wildman–Crippen MR) is 196 cm³/mol. The van der Waals surface area contributed by atoms with E-state index < -0.39 is 18.2 Å². The molecule has 13 heteroatoms. The maximum absolute atomic E-state index is 14.5. The van der Waals surface area contributed by atoms with Gasteiger partial charge in [0.15, 0.2) is 5.82 Å². The van der Waals surface area contributed by atoms with Crippen LogP contribution in [0, 0.1) is 0 Å². The molecule has 53 heavy (non-hydrogen) atoms. The summed E-state index contributed by atoms with van der Waals surface area (Å²) in [6.07, 6.45) is 6.31. The van der Waals surface area contributed by atoms with Crippen molar-refractivity contribution in [3.63, 3.8) is 0 Å². The maximum atomic E-state index is 14.5. The number of phenolic OH excluding ortho intramolecular Hbond substituents is 1. The van der Waals surface area contributed by atoms with Crippen LogP contribution < -0.4 is 5.32 Å². The van der Waals surface area contributed by atoms with Gasteiger partial charge in [0, 0.05) is 55.6 Å². The fraction of sp³-hybridized carbons (Fsp3) is 0.200. The van der Waals surface area contributed by atoms with Gasteiger partial charge in [0.1, 0.15) is 18.0 Å². The molecule has 8 rings (SSSR count). The molecule has 0 saturated carbocycles. The molecule has 0 bridgehead atoms. The van der Waals surface area contributed by atoms with E-state index in [1.807, 2.05) is 85.1 Å². The number of rotatable bonds is 9. The van der Waals surface area contributed by atoms with Crippen molar-refractivity contribution in [3.8, 4) is 11.6 Å². The molecule has 5 heterocycles. The number of aromatic hydroxyl groups is 1. The van der Waals surface area contributed by atoms with Crippen LogP contribution in [0.25, 0.3) is 16.7 Å². The van der Waals surface area contributed by atoms with Gasteiger partial charge in [-0.2, -0.15) is 5.10 Å². The number of hydrazine groups is 1. The molecule has 2 aliphatic heterocycles. The molecule has 0 unspecified atom stereocenters. The number of pyridine rings is 2. The van der Waals surface area contributed by atoms with E-state index in [0.717, 1.165) is 33.2 Å². The monoisotopic (exact) mass is 707 g/mol.